The molecule has 5 nitrogen and oxygen atoms in total. The van der Waals surface area contributed by atoms with Crippen LogP contribution < -0.4 is 0 Å². The number of imidazole rings is 1. The number of nitrogens with one attached hydrogen (secondary N) is 1. The van der Waals surface area contributed by atoms with Gasteiger partial charge in [0.25, 0.3) is 0 Å². The fraction of sp³-hybridized carbons (Fsp3) is 0.524. The number of H-pyrrole nitrogens is 1. The van der Waals surface area contributed by atoms with Gasteiger partial charge in [0.1, 0.15) is 5.82 Å². The van der Waals surface area contributed by atoms with E-state index in [0.717, 1.165) is 37.0 Å². The summed E-state index contributed by atoms with van der Waals surface area (Å²) in [6.07, 6.45) is 7.41. The minimum Gasteiger partial charge on any atom is -0.476 e. The minimum atomic E-state index is -1.05. The number of hydrogen-bond donors (Lipinski definition) is 2. The van der Waals surface area contributed by atoms with Gasteiger partial charge >= 0.3 is 5.97 Å². The number of aromatic carboxylic acids is 1. The molecule has 4 bridgehead atoms. The third kappa shape index (κ3) is 3.07. The largest absolute Gasteiger partial charge is 0.476 e. The normalized spacial score (nSPS) is 31.4. The maximum Gasteiger partial charge on any atom is 0.356 e. The number of aromatic amines is 1. The number of hydrogen-bond acceptors (Lipinski definition) is 3. The van der Waals surface area contributed by atoms with Gasteiger partial charge in [-0.2, -0.15) is 0 Å². The molecule has 4 aliphatic rings. The lowest BCUT2D eigenvalue weighted by molar-refractivity contribution is -0.169. The van der Waals surface area contributed by atoms with Crippen molar-refractivity contribution in [1.29, 1.82) is 0 Å². The third-order valence-electron chi connectivity index (χ3n) is 6.62. The first-order valence-corrected chi connectivity index (χ1v) is 10.1. The smallest absolute Gasteiger partial charge is 0.356 e. The number of rotatable bonds is 5. The van der Waals surface area contributed by atoms with Crippen LogP contribution in [0.3, 0.4) is 0 Å². The summed E-state index contributed by atoms with van der Waals surface area (Å²) in [4.78, 5) is 19.1. The molecule has 0 atom stereocenters. The first kappa shape index (κ1) is 17.3. The maximum absolute atomic E-state index is 11.7. The lowest BCUT2D eigenvalue weighted by atomic mass is 9.54. The number of nitrogens with zero attached hydrogens (tertiary/aromatic N) is 1. The summed E-state index contributed by atoms with van der Waals surface area (Å²) < 4.78 is 6.43. The second-order valence-corrected chi connectivity index (χ2v) is 8.99. The average molecular weight is 387 g/mol. The van der Waals surface area contributed by atoms with Crippen molar-refractivity contribution in [2.45, 2.75) is 50.7 Å². The van der Waals surface area contributed by atoms with Gasteiger partial charge in [0, 0.05) is 5.56 Å². The van der Waals surface area contributed by atoms with Crippen molar-refractivity contribution in [3.63, 3.8) is 0 Å². The fourth-order valence-corrected chi connectivity index (χ4v) is 6.13. The van der Waals surface area contributed by atoms with Gasteiger partial charge in [-0.25, -0.2) is 9.78 Å². The number of aromatic nitrogens is 2. The Labute approximate surface area is 163 Å². The Bertz CT molecular complexity index is 856. The summed E-state index contributed by atoms with van der Waals surface area (Å²) in [6, 6.07) is 7.29. The van der Waals surface area contributed by atoms with Crippen LogP contribution >= 0.6 is 11.6 Å². The summed E-state index contributed by atoms with van der Waals surface area (Å²) in [6.45, 7) is 0.255. The van der Waals surface area contributed by atoms with Gasteiger partial charge in [-0.3, -0.25) is 0 Å². The maximum atomic E-state index is 11.7. The van der Waals surface area contributed by atoms with E-state index >= 15 is 0 Å². The second-order valence-electron chi connectivity index (χ2n) is 8.59. The van der Waals surface area contributed by atoms with Crippen LogP contribution in [-0.2, 0) is 11.3 Å². The SMILES string of the molecule is O=C(O)c1nc(-c2ccccc2Cl)[nH]c1COC12CC3CC(CC(C3)C1)C2. The van der Waals surface area contributed by atoms with E-state index in [4.69, 9.17) is 16.3 Å². The van der Waals surface area contributed by atoms with Gasteiger partial charge in [-0.05, 0) is 68.4 Å². The highest BCUT2D eigenvalue weighted by Gasteiger charge is 2.51. The average Bonchev–Trinajstić information content (AvgIpc) is 3.04. The molecule has 1 heterocycles. The van der Waals surface area contributed by atoms with E-state index in [0.29, 0.717) is 22.1 Å². The van der Waals surface area contributed by atoms with E-state index in [9.17, 15) is 9.90 Å². The van der Waals surface area contributed by atoms with Crippen molar-refractivity contribution in [3.05, 3.63) is 40.7 Å². The van der Waals surface area contributed by atoms with Crippen molar-refractivity contribution in [2.24, 2.45) is 17.8 Å². The second kappa shape index (κ2) is 6.35. The van der Waals surface area contributed by atoms with Crippen molar-refractivity contribution in [1.82, 2.24) is 9.97 Å². The van der Waals surface area contributed by atoms with Gasteiger partial charge < -0.3 is 14.8 Å². The summed E-state index contributed by atoms with van der Waals surface area (Å²) in [5.41, 5.74) is 1.17. The van der Waals surface area contributed by atoms with Crippen molar-refractivity contribution >= 4 is 17.6 Å². The number of carboxylic acids is 1. The van der Waals surface area contributed by atoms with Crippen LogP contribution in [0.25, 0.3) is 11.4 Å². The molecule has 1 aromatic carbocycles. The van der Waals surface area contributed by atoms with Gasteiger partial charge in [0.05, 0.1) is 22.9 Å². The molecule has 27 heavy (non-hydrogen) atoms. The molecule has 2 N–H and O–H groups in total. The quantitative estimate of drug-likeness (QED) is 0.765. The van der Waals surface area contributed by atoms with E-state index in [1.165, 1.54) is 19.3 Å². The molecule has 6 heteroatoms. The van der Waals surface area contributed by atoms with Crippen LogP contribution in [0, 0.1) is 17.8 Å². The molecule has 4 fully saturated rings. The highest BCUT2D eigenvalue weighted by Crippen LogP contribution is 2.57. The molecular formula is C21H23ClN2O3. The number of halogens is 1. The third-order valence-corrected chi connectivity index (χ3v) is 6.94. The van der Waals surface area contributed by atoms with Gasteiger partial charge in [-0.15, -0.1) is 0 Å². The molecule has 4 aliphatic carbocycles. The first-order valence-electron chi connectivity index (χ1n) is 9.72. The monoisotopic (exact) mass is 386 g/mol. The predicted octanol–water partition coefficient (Wildman–Crippen LogP) is 4.91. The van der Waals surface area contributed by atoms with Crippen LogP contribution in [0.2, 0.25) is 5.02 Å². The number of carboxylic acid groups (broad SMARTS) is 1. The Kier molecular flexibility index (Phi) is 4.06. The zero-order valence-corrected chi connectivity index (χ0v) is 15.8. The molecule has 0 amide bonds. The van der Waals surface area contributed by atoms with E-state index < -0.39 is 5.97 Å². The van der Waals surface area contributed by atoms with Crippen molar-refractivity contribution < 1.29 is 14.6 Å². The van der Waals surface area contributed by atoms with Crippen LogP contribution in [0.15, 0.2) is 24.3 Å². The summed E-state index contributed by atoms with van der Waals surface area (Å²) in [5.74, 6) is 1.79. The van der Waals surface area contributed by atoms with Crippen LogP contribution in [0.1, 0.15) is 54.7 Å². The van der Waals surface area contributed by atoms with Gasteiger partial charge in [-0.1, -0.05) is 23.7 Å². The Morgan fingerprint density at radius 2 is 1.81 bits per heavy atom. The Morgan fingerprint density at radius 3 is 2.41 bits per heavy atom. The molecular weight excluding hydrogens is 364 g/mol. The molecule has 0 spiro atoms. The van der Waals surface area contributed by atoms with E-state index in [-0.39, 0.29) is 17.9 Å². The molecule has 2 aromatic rings. The Morgan fingerprint density at radius 1 is 1.19 bits per heavy atom. The topological polar surface area (TPSA) is 75.2 Å². The van der Waals surface area contributed by atoms with E-state index in [2.05, 4.69) is 9.97 Å². The molecule has 0 unspecified atom stereocenters. The summed E-state index contributed by atoms with van der Waals surface area (Å²) >= 11 is 6.25. The van der Waals surface area contributed by atoms with E-state index in [1.807, 2.05) is 18.2 Å². The standard InChI is InChI=1S/C21H23ClN2O3/c22-16-4-2-1-3-15(16)19-23-17(18(24-19)20(25)26)11-27-21-8-12-5-13(9-21)7-14(6-12)10-21/h1-4,12-14H,5-11H2,(H,23,24)(H,25,26). The molecule has 142 valence electrons. The van der Waals surface area contributed by atoms with Crippen LogP contribution in [0.4, 0.5) is 0 Å². The van der Waals surface area contributed by atoms with Crippen LogP contribution in [-0.4, -0.2) is 26.6 Å². The lowest BCUT2D eigenvalue weighted by Gasteiger charge is -2.56. The molecule has 1 aromatic heterocycles. The fourth-order valence-electron chi connectivity index (χ4n) is 5.90. The molecule has 0 radical (unpaired) electrons. The summed E-state index contributed by atoms with van der Waals surface area (Å²) in [5, 5.41) is 10.1. The Balaban J connectivity index is 1.40. The highest BCUT2D eigenvalue weighted by atomic mass is 35.5. The number of ether oxygens (including phenoxy) is 1. The number of benzene rings is 1. The zero-order valence-electron chi connectivity index (χ0n) is 15.1. The Hall–Kier alpha value is -1.85. The highest BCUT2D eigenvalue weighted by molar-refractivity contribution is 6.33. The molecule has 6 rings (SSSR count). The van der Waals surface area contributed by atoms with Gasteiger partial charge in [0.2, 0.25) is 0 Å². The van der Waals surface area contributed by atoms with Crippen molar-refractivity contribution in [3.8, 4) is 11.4 Å². The summed E-state index contributed by atoms with van der Waals surface area (Å²) in [7, 11) is 0. The molecule has 0 aliphatic heterocycles. The molecule has 4 saturated carbocycles. The first-order chi connectivity index (χ1) is 13.0. The lowest BCUT2D eigenvalue weighted by Crippen LogP contribution is -2.51. The van der Waals surface area contributed by atoms with Crippen molar-refractivity contribution in [2.75, 3.05) is 0 Å². The minimum absolute atomic E-state index is 0.0228. The molecule has 0 saturated heterocycles. The zero-order chi connectivity index (χ0) is 18.6. The predicted molar refractivity (Wildman–Crippen MR) is 102 cm³/mol. The number of carbonyl (C=O) groups is 1. The van der Waals surface area contributed by atoms with E-state index in [1.54, 1.807) is 6.07 Å². The van der Waals surface area contributed by atoms with Gasteiger partial charge in [0.15, 0.2) is 5.69 Å². The van der Waals surface area contributed by atoms with Crippen LogP contribution in [0.5, 0.6) is 0 Å².